The van der Waals surface area contributed by atoms with Gasteiger partial charge in [-0.15, -0.1) is 22.7 Å². The van der Waals surface area contributed by atoms with Gasteiger partial charge in [-0.25, -0.2) is 4.98 Å². The number of anilines is 1. The summed E-state index contributed by atoms with van der Waals surface area (Å²) < 4.78 is 1.00. The molecular formula is C12H12BrN3OS2. The van der Waals surface area contributed by atoms with Crippen LogP contribution in [0, 0.1) is 6.92 Å². The van der Waals surface area contributed by atoms with E-state index in [1.807, 2.05) is 13.0 Å². The van der Waals surface area contributed by atoms with E-state index in [2.05, 4.69) is 31.5 Å². The lowest BCUT2D eigenvalue weighted by atomic mass is 10.2. The molecule has 2 aromatic heterocycles. The van der Waals surface area contributed by atoms with Gasteiger partial charge in [-0.1, -0.05) is 0 Å². The molecule has 2 aromatic rings. The number of thiophene rings is 1. The Kier molecular flexibility index (Phi) is 3.70. The van der Waals surface area contributed by atoms with Gasteiger partial charge in [0.15, 0.2) is 5.13 Å². The zero-order valence-corrected chi connectivity index (χ0v) is 13.5. The maximum atomic E-state index is 12.1. The summed E-state index contributed by atoms with van der Waals surface area (Å²) in [5.74, 6) is -0.0853. The molecule has 0 spiro atoms. The molecule has 7 heteroatoms. The lowest BCUT2D eigenvalue weighted by molar-refractivity contribution is 0.103. The maximum Gasteiger partial charge on any atom is 0.267 e. The van der Waals surface area contributed by atoms with Crippen molar-refractivity contribution < 1.29 is 4.79 Å². The Balaban J connectivity index is 1.77. The molecule has 1 aliphatic heterocycles. The van der Waals surface area contributed by atoms with E-state index in [-0.39, 0.29) is 5.91 Å². The van der Waals surface area contributed by atoms with Crippen molar-refractivity contribution in [2.45, 2.75) is 19.9 Å². The first-order valence-corrected chi connectivity index (χ1v) is 8.32. The van der Waals surface area contributed by atoms with Gasteiger partial charge in [0.05, 0.1) is 14.4 Å². The average molecular weight is 358 g/mol. The molecule has 1 aliphatic rings. The summed E-state index contributed by atoms with van der Waals surface area (Å²) in [7, 11) is 0. The topological polar surface area (TPSA) is 54.0 Å². The molecule has 4 nitrogen and oxygen atoms in total. The molecule has 0 bridgehead atoms. The fourth-order valence-electron chi connectivity index (χ4n) is 1.91. The summed E-state index contributed by atoms with van der Waals surface area (Å²) in [6, 6.07) is 1.89. The van der Waals surface area contributed by atoms with Crippen LogP contribution in [0.5, 0.6) is 0 Å². The number of carbonyl (C=O) groups is 1. The molecule has 0 unspecified atom stereocenters. The number of aromatic nitrogens is 1. The summed E-state index contributed by atoms with van der Waals surface area (Å²) in [5.41, 5.74) is 2.19. The number of fused-ring (bicyclic) bond motifs is 1. The van der Waals surface area contributed by atoms with Gasteiger partial charge in [0.1, 0.15) is 0 Å². The zero-order valence-electron chi connectivity index (χ0n) is 10.2. The quantitative estimate of drug-likeness (QED) is 0.867. The Labute approximate surface area is 127 Å². The van der Waals surface area contributed by atoms with E-state index < -0.39 is 0 Å². The smallest absolute Gasteiger partial charge is 0.267 e. The number of amides is 1. The highest BCUT2D eigenvalue weighted by Gasteiger charge is 2.17. The summed E-state index contributed by atoms with van der Waals surface area (Å²) in [6.45, 7) is 3.79. The molecule has 1 amide bonds. The molecule has 0 aromatic carbocycles. The predicted octanol–water partition coefficient (Wildman–Crippen LogP) is 3.17. The van der Waals surface area contributed by atoms with E-state index in [9.17, 15) is 4.79 Å². The highest BCUT2D eigenvalue weighted by Crippen LogP contribution is 2.29. The van der Waals surface area contributed by atoms with Crippen LogP contribution in [0.15, 0.2) is 9.85 Å². The van der Waals surface area contributed by atoms with Crippen molar-refractivity contribution in [2.75, 3.05) is 11.9 Å². The van der Waals surface area contributed by atoms with E-state index in [0.29, 0.717) is 10.0 Å². The van der Waals surface area contributed by atoms with Crippen LogP contribution in [0.25, 0.3) is 0 Å². The molecule has 3 heterocycles. The molecular weight excluding hydrogens is 346 g/mol. The standard InChI is InChI=1S/C12H12BrN3OS2/c1-6-4-8(18-10(6)13)11(17)16-12-15-7-2-3-14-5-9(7)19-12/h4,14H,2-3,5H2,1H3,(H,15,16,17). The largest absolute Gasteiger partial charge is 0.311 e. The van der Waals surface area contributed by atoms with Gasteiger partial charge in [0, 0.05) is 24.4 Å². The number of nitrogens with one attached hydrogen (secondary N) is 2. The van der Waals surface area contributed by atoms with Gasteiger partial charge < -0.3 is 5.32 Å². The maximum absolute atomic E-state index is 12.1. The molecule has 0 saturated heterocycles. The first-order valence-electron chi connectivity index (χ1n) is 5.90. The monoisotopic (exact) mass is 357 g/mol. The minimum Gasteiger partial charge on any atom is -0.311 e. The van der Waals surface area contributed by atoms with Crippen molar-refractivity contribution in [1.82, 2.24) is 10.3 Å². The van der Waals surface area contributed by atoms with Gasteiger partial charge in [-0.3, -0.25) is 10.1 Å². The van der Waals surface area contributed by atoms with Crippen LogP contribution in [0.1, 0.15) is 25.8 Å². The normalized spacial score (nSPS) is 14.2. The first kappa shape index (κ1) is 13.2. The minimum absolute atomic E-state index is 0.0853. The fourth-order valence-corrected chi connectivity index (χ4v) is 4.31. The third-order valence-corrected chi connectivity index (χ3v) is 6.05. The number of hydrogen-bond donors (Lipinski definition) is 2. The summed E-state index contributed by atoms with van der Waals surface area (Å²) in [6.07, 6.45) is 0.936. The van der Waals surface area contributed by atoms with Crippen molar-refractivity contribution in [1.29, 1.82) is 0 Å². The van der Waals surface area contributed by atoms with Gasteiger partial charge in [-0.05, 0) is 34.5 Å². The first-order chi connectivity index (χ1) is 9.13. The zero-order chi connectivity index (χ0) is 13.4. The van der Waals surface area contributed by atoms with Gasteiger partial charge in [-0.2, -0.15) is 0 Å². The van der Waals surface area contributed by atoms with Crippen molar-refractivity contribution in [3.8, 4) is 0 Å². The van der Waals surface area contributed by atoms with Crippen molar-refractivity contribution >= 4 is 49.6 Å². The van der Waals surface area contributed by atoms with Crippen molar-refractivity contribution in [3.63, 3.8) is 0 Å². The molecule has 0 saturated carbocycles. The van der Waals surface area contributed by atoms with Crippen LogP contribution in [-0.4, -0.2) is 17.4 Å². The molecule has 100 valence electrons. The fraction of sp³-hybridized carbons (Fsp3) is 0.333. The third kappa shape index (κ3) is 2.74. The second kappa shape index (κ2) is 5.32. The Morgan fingerprint density at radius 3 is 3.05 bits per heavy atom. The average Bonchev–Trinajstić information content (AvgIpc) is 2.93. The minimum atomic E-state index is -0.0853. The van der Waals surface area contributed by atoms with E-state index >= 15 is 0 Å². The number of halogens is 1. The third-order valence-electron chi connectivity index (χ3n) is 2.90. The van der Waals surface area contributed by atoms with Crippen LogP contribution in [0.3, 0.4) is 0 Å². The van der Waals surface area contributed by atoms with E-state index in [4.69, 9.17) is 0 Å². The predicted molar refractivity (Wildman–Crippen MR) is 82.2 cm³/mol. The summed E-state index contributed by atoms with van der Waals surface area (Å²) >= 11 is 6.44. The second-order valence-electron chi connectivity index (χ2n) is 4.34. The second-order valence-corrected chi connectivity index (χ2v) is 7.79. The van der Waals surface area contributed by atoms with Crippen LogP contribution in [0.2, 0.25) is 0 Å². The molecule has 0 fully saturated rings. The number of carbonyl (C=O) groups excluding carboxylic acids is 1. The Morgan fingerprint density at radius 2 is 2.37 bits per heavy atom. The van der Waals surface area contributed by atoms with Crippen LogP contribution >= 0.6 is 38.6 Å². The van der Waals surface area contributed by atoms with Crippen LogP contribution < -0.4 is 10.6 Å². The van der Waals surface area contributed by atoms with Gasteiger partial charge in [0.25, 0.3) is 5.91 Å². The highest BCUT2D eigenvalue weighted by molar-refractivity contribution is 9.11. The van der Waals surface area contributed by atoms with E-state index in [0.717, 1.165) is 34.6 Å². The lowest BCUT2D eigenvalue weighted by Crippen LogP contribution is -2.22. The summed E-state index contributed by atoms with van der Waals surface area (Å²) in [4.78, 5) is 18.5. The van der Waals surface area contributed by atoms with E-state index in [1.165, 1.54) is 16.2 Å². The molecule has 0 radical (unpaired) electrons. The van der Waals surface area contributed by atoms with Crippen LogP contribution in [0.4, 0.5) is 5.13 Å². The van der Waals surface area contributed by atoms with Crippen molar-refractivity contribution in [3.05, 3.63) is 30.9 Å². The number of aryl methyl sites for hydroxylation is 1. The number of hydrogen-bond acceptors (Lipinski definition) is 5. The van der Waals surface area contributed by atoms with Crippen LogP contribution in [-0.2, 0) is 13.0 Å². The van der Waals surface area contributed by atoms with E-state index in [1.54, 1.807) is 11.3 Å². The molecule has 0 aliphatic carbocycles. The molecule has 2 N–H and O–H groups in total. The summed E-state index contributed by atoms with van der Waals surface area (Å²) in [5, 5.41) is 6.89. The van der Waals surface area contributed by atoms with Gasteiger partial charge >= 0.3 is 0 Å². The van der Waals surface area contributed by atoms with Gasteiger partial charge in [0.2, 0.25) is 0 Å². The Morgan fingerprint density at radius 1 is 1.53 bits per heavy atom. The number of thiazole rings is 1. The molecule has 0 atom stereocenters. The number of nitrogens with zero attached hydrogens (tertiary/aromatic N) is 1. The Hall–Kier alpha value is -0.760. The lowest BCUT2D eigenvalue weighted by Gasteiger charge is -2.09. The number of rotatable bonds is 2. The Bertz CT molecular complexity index is 592. The molecule has 3 rings (SSSR count). The SMILES string of the molecule is Cc1cc(C(=O)Nc2nc3c(s2)CNCC3)sc1Br. The molecule has 19 heavy (non-hydrogen) atoms. The van der Waals surface area contributed by atoms with Crippen molar-refractivity contribution in [2.24, 2.45) is 0 Å². The highest BCUT2D eigenvalue weighted by atomic mass is 79.9.